The maximum absolute atomic E-state index is 13.7. The zero-order valence-corrected chi connectivity index (χ0v) is 22.5. The minimum atomic E-state index is -2.78. The summed E-state index contributed by atoms with van der Waals surface area (Å²) in [6.07, 6.45) is -0.545. The van der Waals surface area contributed by atoms with Crippen molar-refractivity contribution in [2.75, 3.05) is 17.2 Å². The molecule has 0 radical (unpaired) electrons. The van der Waals surface area contributed by atoms with Gasteiger partial charge in [-0.05, 0) is 80.8 Å². The minimum absolute atomic E-state index is 0.0636. The van der Waals surface area contributed by atoms with Gasteiger partial charge >= 0.3 is 0 Å². The smallest absolute Gasteiger partial charge is 0.290 e. The van der Waals surface area contributed by atoms with Crippen LogP contribution in [-0.4, -0.2) is 44.1 Å². The van der Waals surface area contributed by atoms with Gasteiger partial charge in [0.2, 0.25) is 11.8 Å². The maximum Gasteiger partial charge on any atom is 0.290 e. The molecule has 4 heterocycles. The SMILES string of the molecule is Cc1cc(-c2c(OCc3cccc(N4CCCC4C)n3)nc(N)nc2-c2ccc(F)cc2)cc(C(F)F)n1.O=CO. The van der Waals surface area contributed by atoms with Crippen LogP contribution in [0.5, 0.6) is 5.88 Å². The Morgan fingerprint density at radius 3 is 2.49 bits per heavy atom. The van der Waals surface area contributed by atoms with Gasteiger partial charge in [0, 0.05) is 23.8 Å². The molecule has 41 heavy (non-hydrogen) atoms. The van der Waals surface area contributed by atoms with E-state index in [0.29, 0.717) is 39.8 Å². The van der Waals surface area contributed by atoms with Gasteiger partial charge in [-0.15, -0.1) is 0 Å². The van der Waals surface area contributed by atoms with Gasteiger partial charge in [0.25, 0.3) is 12.9 Å². The van der Waals surface area contributed by atoms with E-state index in [9.17, 15) is 13.2 Å². The van der Waals surface area contributed by atoms with Crippen LogP contribution in [0.1, 0.15) is 43.3 Å². The number of rotatable bonds is 7. The second-order valence-corrected chi connectivity index (χ2v) is 9.41. The standard InChI is InChI=1S/C28H27F3N6O.CH2O2/c1-16-13-19(14-22(33-16)26(30)31)24-25(18-8-10-20(29)11-9-18)35-28(32)36-27(24)38-15-21-6-3-7-23(34-21)37-12-4-5-17(37)2;2-1-3/h3,6-11,13-14,17,26H,4-5,12,15H2,1-2H3,(H2,32,35,36);1H,(H,2,3). The average Bonchev–Trinajstić information content (AvgIpc) is 3.38. The lowest BCUT2D eigenvalue weighted by Gasteiger charge is -2.23. The Kier molecular flexibility index (Phi) is 9.33. The predicted molar refractivity (Wildman–Crippen MR) is 148 cm³/mol. The lowest BCUT2D eigenvalue weighted by molar-refractivity contribution is -0.122. The molecule has 3 aromatic heterocycles. The summed E-state index contributed by atoms with van der Waals surface area (Å²) >= 11 is 0. The number of aromatic nitrogens is 4. The highest BCUT2D eigenvalue weighted by Crippen LogP contribution is 2.39. The fourth-order valence-corrected chi connectivity index (χ4v) is 4.71. The molecule has 1 aliphatic heterocycles. The molecule has 214 valence electrons. The zero-order valence-electron chi connectivity index (χ0n) is 22.5. The highest BCUT2D eigenvalue weighted by atomic mass is 19.3. The summed E-state index contributed by atoms with van der Waals surface area (Å²) in [5.74, 6) is 0.476. The molecule has 0 amide bonds. The molecule has 9 nitrogen and oxygen atoms in total. The first kappa shape index (κ1) is 29.2. The van der Waals surface area contributed by atoms with Crippen molar-refractivity contribution >= 4 is 18.2 Å². The molecule has 1 fully saturated rings. The summed E-state index contributed by atoms with van der Waals surface area (Å²) in [5, 5.41) is 6.89. The fourth-order valence-electron chi connectivity index (χ4n) is 4.71. The van der Waals surface area contributed by atoms with Crippen molar-refractivity contribution in [3.63, 3.8) is 0 Å². The second-order valence-electron chi connectivity index (χ2n) is 9.41. The summed E-state index contributed by atoms with van der Waals surface area (Å²) in [7, 11) is 0. The molecule has 1 unspecified atom stereocenters. The van der Waals surface area contributed by atoms with Crippen molar-refractivity contribution in [1.29, 1.82) is 0 Å². The van der Waals surface area contributed by atoms with Crippen LogP contribution in [0.3, 0.4) is 0 Å². The lowest BCUT2D eigenvalue weighted by atomic mass is 9.99. The number of hydrogen-bond donors (Lipinski definition) is 2. The summed E-state index contributed by atoms with van der Waals surface area (Å²) in [6, 6.07) is 14.7. The van der Waals surface area contributed by atoms with Gasteiger partial charge in [0.1, 0.15) is 23.9 Å². The normalized spacial score (nSPS) is 14.5. The van der Waals surface area contributed by atoms with E-state index in [1.165, 1.54) is 30.3 Å². The number of halogens is 3. The Balaban J connectivity index is 0.00000124. The van der Waals surface area contributed by atoms with E-state index in [-0.39, 0.29) is 30.6 Å². The van der Waals surface area contributed by atoms with Gasteiger partial charge in [-0.1, -0.05) is 6.07 Å². The van der Waals surface area contributed by atoms with Gasteiger partial charge in [-0.25, -0.2) is 23.1 Å². The highest BCUT2D eigenvalue weighted by molar-refractivity contribution is 5.85. The van der Waals surface area contributed by atoms with E-state index >= 15 is 0 Å². The Morgan fingerprint density at radius 2 is 1.83 bits per heavy atom. The molecular weight excluding hydrogens is 537 g/mol. The number of aryl methyl sites for hydroxylation is 1. The Bertz CT molecular complexity index is 1500. The lowest BCUT2D eigenvalue weighted by Crippen LogP contribution is -2.27. The monoisotopic (exact) mass is 566 g/mol. The fraction of sp³-hybridized carbons (Fsp3) is 0.276. The zero-order chi connectivity index (χ0) is 29.5. The number of hydrogen-bond acceptors (Lipinski definition) is 8. The summed E-state index contributed by atoms with van der Waals surface area (Å²) in [6.45, 7) is 4.56. The molecule has 0 aliphatic carbocycles. The van der Waals surface area contributed by atoms with Gasteiger partial charge < -0.3 is 20.5 Å². The van der Waals surface area contributed by atoms with Crippen molar-refractivity contribution in [1.82, 2.24) is 19.9 Å². The van der Waals surface area contributed by atoms with Crippen LogP contribution >= 0.6 is 0 Å². The van der Waals surface area contributed by atoms with Crippen LogP contribution in [0, 0.1) is 12.7 Å². The number of anilines is 2. The van der Waals surface area contributed by atoms with Gasteiger partial charge in [-0.2, -0.15) is 4.98 Å². The predicted octanol–water partition coefficient (Wildman–Crippen LogP) is 5.84. The number of alkyl halides is 2. The first-order valence-electron chi connectivity index (χ1n) is 12.8. The Labute approximate surface area is 234 Å². The van der Waals surface area contributed by atoms with Crippen LogP contribution in [0.2, 0.25) is 0 Å². The van der Waals surface area contributed by atoms with E-state index in [1.807, 2.05) is 18.2 Å². The number of nitrogen functional groups attached to an aromatic ring is 1. The van der Waals surface area contributed by atoms with E-state index < -0.39 is 12.2 Å². The molecule has 3 N–H and O–H groups in total. The van der Waals surface area contributed by atoms with E-state index in [2.05, 4.69) is 26.8 Å². The summed E-state index contributed by atoms with van der Waals surface area (Å²) in [5.41, 5.74) is 8.30. The molecular formula is C29H29F3N6O3. The van der Waals surface area contributed by atoms with Crippen molar-refractivity contribution in [3.05, 3.63) is 77.5 Å². The average molecular weight is 567 g/mol. The highest BCUT2D eigenvalue weighted by Gasteiger charge is 2.23. The van der Waals surface area contributed by atoms with Crippen LogP contribution in [0.25, 0.3) is 22.4 Å². The molecule has 1 atom stereocenters. The largest absolute Gasteiger partial charge is 0.483 e. The van der Waals surface area contributed by atoms with Crippen LogP contribution in [-0.2, 0) is 11.4 Å². The molecule has 1 aliphatic rings. The third-order valence-corrected chi connectivity index (χ3v) is 6.49. The van der Waals surface area contributed by atoms with E-state index in [4.69, 9.17) is 25.4 Å². The number of nitrogens with two attached hydrogens (primary N) is 1. The summed E-state index contributed by atoms with van der Waals surface area (Å²) < 4.78 is 47.1. The first-order valence-corrected chi connectivity index (χ1v) is 12.8. The van der Waals surface area contributed by atoms with Crippen LogP contribution in [0.15, 0.2) is 54.6 Å². The quantitative estimate of drug-likeness (QED) is 0.265. The first-order chi connectivity index (χ1) is 19.7. The third-order valence-electron chi connectivity index (χ3n) is 6.49. The Morgan fingerprint density at radius 1 is 1.10 bits per heavy atom. The maximum atomic E-state index is 13.7. The molecule has 0 spiro atoms. The van der Waals surface area contributed by atoms with Gasteiger partial charge in [0.15, 0.2) is 0 Å². The van der Waals surface area contributed by atoms with Crippen molar-refractivity contribution in [2.24, 2.45) is 0 Å². The van der Waals surface area contributed by atoms with E-state index in [0.717, 1.165) is 25.2 Å². The summed E-state index contributed by atoms with van der Waals surface area (Å²) in [4.78, 5) is 28.0. The number of carboxylic acid groups (broad SMARTS) is 1. The van der Waals surface area contributed by atoms with Gasteiger partial charge in [-0.3, -0.25) is 9.78 Å². The molecule has 0 bridgehead atoms. The molecule has 12 heteroatoms. The molecule has 4 aromatic rings. The van der Waals surface area contributed by atoms with Crippen molar-refractivity contribution in [3.8, 4) is 28.3 Å². The molecule has 0 saturated carbocycles. The number of pyridine rings is 2. The van der Waals surface area contributed by atoms with Crippen molar-refractivity contribution < 1.29 is 27.8 Å². The minimum Gasteiger partial charge on any atom is -0.483 e. The Hall–Kier alpha value is -4.74. The van der Waals surface area contributed by atoms with E-state index in [1.54, 1.807) is 13.0 Å². The number of benzene rings is 1. The van der Waals surface area contributed by atoms with Gasteiger partial charge in [0.05, 0.1) is 17.0 Å². The molecule has 5 rings (SSSR count). The van der Waals surface area contributed by atoms with Crippen LogP contribution < -0.4 is 15.4 Å². The number of ether oxygens (including phenoxy) is 1. The number of carbonyl (C=O) groups is 1. The molecule has 1 aromatic carbocycles. The topological polar surface area (TPSA) is 127 Å². The second kappa shape index (κ2) is 13.1. The molecule has 1 saturated heterocycles. The van der Waals surface area contributed by atoms with Crippen LogP contribution in [0.4, 0.5) is 24.9 Å². The number of nitrogens with zero attached hydrogens (tertiary/aromatic N) is 5. The van der Waals surface area contributed by atoms with Crippen molar-refractivity contribution in [2.45, 2.75) is 45.8 Å². The third kappa shape index (κ3) is 7.07.